The van der Waals surface area contributed by atoms with Gasteiger partial charge < -0.3 is 10.1 Å². The summed E-state index contributed by atoms with van der Waals surface area (Å²) >= 11 is 5.91. The highest BCUT2D eigenvalue weighted by Crippen LogP contribution is 2.32. The van der Waals surface area contributed by atoms with Crippen molar-refractivity contribution in [1.29, 1.82) is 0 Å². The van der Waals surface area contributed by atoms with Crippen molar-refractivity contribution in [2.45, 2.75) is 31.9 Å². The second-order valence-electron chi connectivity index (χ2n) is 4.45. The Balaban J connectivity index is 2.24. The Morgan fingerprint density at radius 2 is 2.12 bits per heavy atom. The van der Waals surface area contributed by atoms with Crippen molar-refractivity contribution in [2.75, 3.05) is 13.2 Å². The molecular weight excluding hydrogens is 222 g/mol. The summed E-state index contributed by atoms with van der Waals surface area (Å²) in [7, 11) is 0. The van der Waals surface area contributed by atoms with Crippen molar-refractivity contribution < 1.29 is 4.74 Å². The standard InChI is InChI=1S/C13H18ClNO/c1-3-13(9-15-10(2)8-16-13)11-4-6-12(14)7-5-11/h4-7,10,15H,3,8-9H2,1-2H3. The Morgan fingerprint density at radius 1 is 1.44 bits per heavy atom. The molecule has 0 bridgehead atoms. The van der Waals surface area contributed by atoms with Crippen molar-refractivity contribution in [1.82, 2.24) is 5.32 Å². The Kier molecular flexibility index (Phi) is 3.53. The highest BCUT2D eigenvalue weighted by Gasteiger charge is 2.35. The Labute approximate surface area is 102 Å². The fourth-order valence-corrected chi connectivity index (χ4v) is 2.23. The molecule has 1 aliphatic rings. The summed E-state index contributed by atoms with van der Waals surface area (Å²) in [6, 6.07) is 8.41. The van der Waals surface area contributed by atoms with E-state index in [9.17, 15) is 0 Å². The van der Waals surface area contributed by atoms with Gasteiger partial charge in [-0.1, -0.05) is 30.7 Å². The molecule has 0 saturated carbocycles. The van der Waals surface area contributed by atoms with E-state index in [1.165, 1.54) is 5.56 Å². The Bertz CT molecular complexity index is 341. The van der Waals surface area contributed by atoms with Crippen molar-refractivity contribution in [2.24, 2.45) is 0 Å². The Hall–Kier alpha value is -0.570. The van der Waals surface area contributed by atoms with Gasteiger partial charge in [-0.15, -0.1) is 0 Å². The molecule has 1 heterocycles. The summed E-state index contributed by atoms with van der Waals surface area (Å²) in [6.45, 7) is 5.93. The quantitative estimate of drug-likeness (QED) is 0.857. The summed E-state index contributed by atoms with van der Waals surface area (Å²) in [5.41, 5.74) is 1.02. The monoisotopic (exact) mass is 239 g/mol. The third-order valence-electron chi connectivity index (χ3n) is 3.29. The first-order valence-corrected chi connectivity index (χ1v) is 6.17. The minimum Gasteiger partial charge on any atom is -0.367 e. The molecule has 2 rings (SSSR count). The van der Waals surface area contributed by atoms with E-state index in [0.717, 1.165) is 24.6 Å². The lowest BCUT2D eigenvalue weighted by Gasteiger charge is -2.40. The fourth-order valence-electron chi connectivity index (χ4n) is 2.10. The number of rotatable bonds is 2. The highest BCUT2D eigenvalue weighted by atomic mass is 35.5. The molecule has 88 valence electrons. The largest absolute Gasteiger partial charge is 0.367 e. The van der Waals surface area contributed by atoms with Crippen LogP contribution in [0.1, 0.15) is 25.8 Å². The molecular formula is C13H18ClNO. The van der Waals surface area contributed by atoms with E-state index < -0.39 is 0 Å². The van der Waals surface area contributed by atoms with Crippen LogP contribution in [0.25, 0.3) is 0 Å². The van der Waals surface area contributed by atoms with Crippen LogP contribution in [0.15, 0.2) is 24.3 Å². The maximum absolute atomic E-state index is 6.05. The predicted molar refractivity (Wildman–Crippen MR) is 66.8 cm³/mol. The van der Waals surface area contributed by atoms with E-state index in [2.05, 4.69) is 31.3 Å². The molecule has 1 aromatic rings. The number of hydrogen-bond acceptors (Lipinski definition) is 2. The summed E-state index contributed by atoms with van der Waals surface area (Å²) < 4.78 is 6.05. The van der Waals surface area contributed by atoms with Crippen LogP contribution in [0.4, 0.5) is 0 Å². The molecule has 1 aliphatic heterocycles. The Morgan fingerprint density at radius 3 is 2.62 bits per heavy atom. The van der Waals surface area contributed by atoms with E-state index >= 15 is 0 Å². The summed E-state index contributed by atoms with van der Waals surface area (Å²) in [5.74, 6) is 0. The van der Waals surface area contributed by atoms with Crippen molar-refractivity contribution in [3.63, 3.8) is 0 Å². The molecule has 1 N–H and O–H groups in total. The maximum Gasteiger partial charge on any atom is 0.105 e. The molecule has 0 spiro atoms. The van der Waals surface area contributed by atoms with E-state index in [1.54, 1.807) is 0 Å². The summed E-state index contributed by atoms with van der Waals surface area (Å²) in [6.07, 6.45) is 0.967. The van der Waals surface area contributed by atoms with Crippen molar-refractivity contribution in [3.05, 3.63) is 34.9 Å². The van der Waals surface area contributed by atoms with Crippen LogP contribution < -0.4 is 5.32 Å². The molecule has 2 nitrogen and oxygen atoms in total. The lowest BCUT2D eigenvalue weighted by atomic mass is 9.89. The lowest BCUT2D eigenvalue weighted by Crippen LogP contribution is -2.51. The molecule has 16 heavy (non-hydrogen) atoms. The zero-order valence-corrected chi connectivity index (χ0v) is 10.6. The smallest absolute Gasteiger partial charge is 0.105 e. The minimum atomic E-state index is -0.183. The zero-order valence-electron chi connectivity index (χ0n) is 9.79. The number of halogens is 1. The minimum absolute atomic E-state index is 0.183. The number of ether oxygens (including phenoxy) is 1. The molecule has 0 amide bonds. The lowest BCUT2D eigenvalue weighted by molar-refractivity contribution is -0.0882. The van der Waals surface area contributed by atoms with Crippen LogP contribution >= 0.6 is 11.6 Å². The van der Waals surface area contributed by atoms with Gasteiger partial charge in [0.15, 0.2) is 0 Å². The van der Waals surface area contributed by atoms with E-state index in [-0.39, 0.29) is 5.60 Å². The average Bonchev–Trinajstić information content (AvgIpc) is 2.32. The van der Waals surface area contributed by atoms with Gasteiger partial charge in [0.2, 0.25) is 0 Å². The van der Waals surface area contributed by atoms with Crippen LogP contribution in [0.5, 0.6) is 0 Å². The number of benzene rings is 1. The van der Waals surface area contributed by atoms with E-state index in [1.807, 2.05) is 12.1 Å². The number of nitrogens with one attached hydrogen (secondary N) is 1. The van der Waals surface area contributed by atoms with Crippen LogP contribution in [-0.2, 0) is 10.3 Å². The van der Waals surface area contributed by atoms with Crippen LogP contribution in [0.3, 0.4) is 0 Å². The molecule has 0 aliphatic carbocycles. The molecule has 1 saturated heterocycles. The molecule has 1 fully saturated rings. The van der Waals surface area contributed by atoms with Gasteiger partial charge in [0.05, 0.1) is 6.61 Å². The normalized spacial score (nSPS) is 30.3. The zero-order chi connectivity index (χ0) is 11.6. The van der Waals surface area contributed by atoms with Gasteiger partial charge in [0.1, 0.15) is 5.60 Å². The van der Waals surface area contributed by atoms with Crippen LogP contribution in [-0.4, -0.2) is 19.2 Å². The van der Waals surface area contributed by atoms with Gasteiger partial charge in [-0.3, -0.25) is 0 Å². The average molecular weight is 240 g/mol. The molecule has 0 aromatic heterocycles. The highest BCUT2D eigenvalue weighted by molar-refractivity contribution is 6.30. The molecule has 1 aromatic carbocycles. The predicted octanol–water partition coefficient (Wildman–Crippen LogP) is 2.95. The van der Waals surface area contributed by atoms with E-state index in [4.69, 9.17) is 16.3 Å². The third-order valence-corrected chi connectivity index (χ3v) is 3.54. The summed E-state index contributed by atoms with van der Waals surface area (Å²) in [5, 5.41) is 4.25. The van der Waals surface area contributed by atoms with Gasteiger partial charge in [0, 0.05) is 17.6 Å². The first-order valence-electron chi connectivity index (χ1n) is 5.80. The molecule has 2 atom stereocenters. The van der Waals surface area contributed by atoms with Gasteiger partial charge >= 0.3 is 0 Å². The third kappa shape index (κ3) is 2.24. The van der Waals surface area contributed by atoms with E-state index in [0.29, 0.717) is 6.04 Å². The summed E-state index contributed by atoms with van der Waals surface area (Å²) in [4.78, 5) is 0. The van der Waals surface area contributed by atoms with Crippen molar-refractivity contribution in [3.8, 4) is 0 Å². The number of hydrogen-bond donors (Lipinski definition) is 1. The first-order chi connectivity index (χ1) is 7.66. The molecule has 2 unspecified atom stereocenters. The fraction of sp³-hybridized carbons (Fsp3) is 0.538. The molecule has 0 radical (unpaired) electrons. The van der Waals surface area contributed by atoms with Crippen LogP contribution in [0.2, 0.25) is 5.02 Å². The SMILES string of the molecule is CCC1(c2ccc(Cl)cc2)CNC(C)CO1. The first kappa shape index (κ1) is 11.9. The second kappa shape index (κ2) is 4.74. The van der Waals surface area contributed by atoms with Gasteiger partial charge in [-0.2, -0.15) is 0 Å². The van der Waals surface area contributed by atoms with Gasteiger partial charge in [0.25, 0.3) is 0 Å². The van der Waals surface area contributed by atoms with Crippen molar-refractivity contribution >= 4 is 11.6 Å². The maximum atomic E-state index is 6.05. The second-order valence-corrected chi connectivity index (χ2v) is 4.88. The van der Waals surface area contributed by atoms with Gasteiger partial charge in [-0.05, 0) is 31.0 Å². The number of morpholine rings is 1. The van der Waals surface area contributed by atoms with Gasteiger partial charge in [-0.25, -0.2) is 0 Å². The topological polar surface area (TPSA) is 21.3 Å². The van der Waals surface area contributed by atoms with Crippen LogP contribution in [0, 0.1) is 0 Å². The molecule has 3 heteroatoms.